The molecule has 5 heteroatoms. The molecule has 0 aliphatic carbocycles. The Hall–Kier alpha value is -2.43. The molecule has 0 unspecified atom stereocenters. The van der Waals surface area contributed by atoms with Gasteiger partial charge in [0.1, 0.15) is 5.76 Å². The summed E-state index contributed by atoms with van der Waals surface area (Å²) in [7, 11) is 0. The Morgan fingerprint density at radius 2 is 2.39 bits per heavy atom. The van der Waals surface area contributed by atoms with Crippen molar-refractivity contribution in [2.24, 2.45) is 5.73 Å². The first-order valence-electron chi connectivity index (χ1n) is 5.44. The number of pyridine rings is 1. The molecule has 0 atom stereocenters. The largest absolute Gasteiger partial charge is 0.441 e. The molecule has 0 fully saturated rings. The number of carbonyl (C=O) groups excluding carboxylic acids is 1. The fourth-order valence-electron chi connectivity index (χ4n) is 1.63. The van der Waals surface area contributed by atoms with E-state index in [-0.39, 0.29) is 11.6 Å². The number of amides is 1. The second kappa shape index (κ2) is 4.83. The van der Waals surface area contributed by atoms with Gasteiger partial charge < -0.3 is 10.2 Å². The lowest BCUT2D eigenvalue weighted by Crippen LogP contribution is -2.14. The maximum atomic E-state index is 11.3. The fraction of sp³-hybridized carbons (Fsp3) is 0.154. The van der Waals surface area contributed by atoms with Crippen molar-refractivity contribution in [3.63, 3.8) is 0 Å². The number of oxazole rings is 1. The van der Waals surface area contributed by atoms with Crippen molar-refractivity contribution in [3.05, 3.63) is 53.5 Å². The molecule has 0 aromatic carbocycles. The van der Waals surface area contributed by atoms with Gasteiger partial charge in [0.15, 0.2) is 5.69 Å². The van der Waals surface area contributed by atoms with Crippen LogP contribution >= 0.6 is 0 Å². The molecule has 2 heterocycles. The average molecular weight is 243 g/mol. The van der Waals surface area contributed by atoms with Crippen molar-refractivity contribution in [2.45, 2.75) is 13.3 Å². The van der Waals surface area contributed by atoms with Crippen molar-refractivity contribution >= 4 is 12.0 Å². The van der Waals surface area contributed by atoms with Crippen LogP contribution in [0.25, 0.3) is 6.08 Å². The van der Waals surface area contributed by atoms with E-state index in [9.17, 15) is 4.79 Å². The summed E-state index contributed by atoms with van der Waals surface area (Å²) in [6.07, 6.45) is 3.50. The Balaban J connectivity index is 2.39. The standard InChI is InChI=1S/C13H13N3O2/c1-3-11-16-12(13(14)17)10(18-11)7-9-8(2)5-4-6-15-9/h3-6H,1,7H2,2H3,(H2,14,17). The van der Waals surface area contributed by atoms with E-state index in [1.165, 1.54) is 6.08 Å². The summed E-state index contributed by atoms with van der Waals surface area (Å²) in [5.41, 5.74) is 7.24. The molecule has 0 saturated heterocycles. The van der Waals surface area contributed by atoms with Crippen LogP contribution in [0.1, 0.15) is 33.4 Å². The Kier molecular flexibility index (Phi) is 3.23. The molecular weight excluding hydrogens is 230 g/mol. The molecule has 0 radical (unpaired) electrons. The Bertz CT molecular complexity index is 602. The SMILES string of the molecule is C=Cc1nc(C(N)=O)c(Cc2ncccc2C)o1. The zero-order valence-electron chi connectivity index (χ0n) is 10.0. The minimum absolute atomic E-state index is 0.134. The maximum absolute atomic E-state index is 11.3. The molecular formula is C13H13N3O2. The predicted octanol–water partition coefficient (Wildman–Crippen LogP) is 1.71. The first-order chi connectivity index (χ1) is 8.61. The van der Waals surface area contributed by atoms with E-state index in [2.05, 4.69) is 16.5 Å². The lowest BCUT2D eigenvalue weighted by atomic mass is 10.1. The van der Waals surface area contributed by atoms with Gasteiger partial charge in [-0.15, -0.1) is 0 Å². The summed E-state index contributed by atoms with van der Waals surface area (Å²) >= 11 is 0. The van der Waals surface area contributed by atoms with Gasteiger partial charge >= 0.3 is 0 Å². The van der Waals surface area contributed by atoms with Gasteiger partial charge in [0.2, 0.25) is 5.89 Å². The number of nitrogens with two attached hydrogens (primary N) is 1. The molecule has 0 saturated carbocycles. The third kappa shape index (κ3) is 2.29. The monoisotopic (exact) mass is 243 g/mol. The zero-order chi connectivity index (χ0) is 13.1. The van der Waals surface area contributed by atoms with Crippen molar-refractivity contribution in [1.29, 1.82) is 0 Å². The van der Waals surface area contributed by atoms with E-state index in [0.29, 0.717) is 12.2 Å². The number of carbonyl (C=O) groups is 1. The number of aryl methyl sites for hydroxylation is 1. The third-order valence-corrected chi connectivity index (χ3v) is 2.57. The molecule has 5 nitrogen and oxygen atoms in total. The van der Waals surface area contributed by atoms with Gasteiger partial charge in [-0.05, 0) is 24.6 Å². The van der Waals surface area contributed by atoms with Crippen LogP contribution in [-0.4, -0.2) is 15.9 Å². The van der Waals surface area contributed by atoms with E-state index in [1.807, 2.05) is 19.1 Å². The minimum atomic E-state index is -0.615. The van der Waals surface area contributed by atoms with E-state index in [4.69, 9.17) is 10.2 Å². The summed E-state index contributed by atoms with van der Waals surface area (Å²) in [5, 5.41) is 0. The van der Waals surface area contributed by atoms with Gasteiger partial charge in [-0.25, -0.2) is 4.98 Å². The summed E-state index contributed by atoms with van der Waals surface area (Å²) in [6, 6.07) is 3.79. The molecule has 0 spiro atoms. The van der Waals surface area contributed by atoms with Crippen LogP contribution in [0.3, 0.4) is 0 Å². The predicted molar refractivity (Wildman–Crippen MR) is 66.9 cm³/mol. The molecule has 1 amide bonds. The summed E-state index contributed by atoms with van der Waals surface area (Å²) in [5.74, 6) is 0.0852. The highest BCUT2D eigenvalue weighted by Gasteiger charge is 2.17. The highest BCUT2D eigenvalue weighted by atomic mass is 16.4. The Labute approximate surface area is 104 Å². The van der Waals surface area contributed by atoms with Gasteiger partial charge in [-0.2, -0.15) is 0 Å². The van der Waals surface area contributed by atoms with Crippen LogP contribution in [0.4, 0.5) is 0 Å². The van der Waals surface area contributed by atoms with Crippen molar-refractivity contribution in [1.82, 2.24) is 9.97 Å². The van der Waals surface area contributed by atoms with Gasteiger partial charge in [0.05, 0.1) is 12.1 Å². The molecule has 0 aliphatic rings. The molecule has 2 N–H and O–H groups in total. The number of hydrogen-bond donors (Lipinski definition) is 1. The van der Waals surface area contributed by atoms with Crippen LogP contribution < -0.4 is 5.73 Å². The van der Waals surface area contributed by atoms with Gasteiger partial charge in [0.25, 0.3) is 5.91 Å². The molecule has 0 bridgehead atoms. The van der Waals surface area contributed by atoms with Crippen LogP contribution in [0.15, 0.2) is 29.3 Å². The number of aromatic nitrogens is 2. The van der Waals surface area contributed by atoms with E-state index in [0.717, 1.165) is 11.3 Å². The number of rotatable bonds is 4. The Morgan fingerprint density at radius 3 is 3.00 bits per heavy atom. The average Bonchev–Trinajstić information content (AvgIpc) is 2.75. The molecule has 18 heavy (non-hydrogen) atoms. The molecule has 92 valence electrons. The normalized spacial score (nSPS) is 10.3. The van der Waals surface area contributed by atoms with Crippen molar-refractivity contribution < 1.29 is 9.21 Å². The second-order valence-electron chi connectivity index (χ2n) is 3.84. The van der Waals surface area contributed by atoms with Gasteiger partial charge in [0, 0.05) is 6.20 Å². The number of primary amides is 1. The number of hydrogen-bond acceptors (Lipinski definition) is 4. The smallest absolute Gasteiger partial charge is 0.270 e. The Morgan fingerprint density at radius 1 is 1.61 bits per heavy atom. The molecule has 2 aromatic rings. The quantitative estimate of drug-likeness (QED) is 0.886. The van der Waals surface area contributed by atoms with E-state index in [1.54, 1.807) is 6.20 Å². The lowest BCUT2D eigenvalue weighted by Gasteiger charge is -2.02. The fourth-order valence-corrected chi connectivity index (χ4v) is 1.63. The first kappa shape index (κ1) is 12.0. The highest BCUT2D eigenvalue weighted by Crippen LogP contribution is 2.17. The van der Waals surface area contributed by atoms with Crippen LogP contribution in [0.5, 0.6) is 0 Å². The minimum Gasteiger partial charge on any atom is -0.441 e. The van der Waals surface area contributed by atoms with Crippen molar-refractivity contribution in [2.75, 3.05) is 0 Å². The molecule has 2 aromatic heterocycles. The second-order valence-corrected chi connectivity index (χ2v) is 3.84. The summed E-state index contributed by atoms with van der Waals surface area (Å²) in [6.45, 7) is 5.49. The third-order valence-electron chi connectivity index (χ3n) is 2.57. The summed E-state index contributed by atoms with van der Waals surface area (Å²) < 4.78 is 5.41. The van der Waals surface area contributed by atoms with Crippen LogP contribution in [0, 0.1) is 6.92 Å². The topological polar surface area (TPSA) is 82.0 Å². The van der Waals surface area contributed by atoms with E-state index < -0.39 is 5.91 Å². The first-order valence-corrected chi connectivity index (χ1v) is 5.44. The highest BCUT2D eigenvalue weighted by molar-refractivity contribution is 5.92. The van der Waals surface area contributed by atoms with Crippen LogP contribution in [-0.2, 0) is 6.42 Å². The zero-order valence-corrected chi connectivity index (χ0v) is 10.0. The van der Waals surface area contributed by atoms with Crippen molar-refractivity contribution in [3.8, 4) is 0 Å². The van der Waals surface area contributed by atoms with Crippen LogP contribution in [0.2, 0.25) is 0 Å². The molecule has 2 rings (SSSR count). The number of nitrogens with zero attached hydrogens (tertiary/aromatic N) is 2. The lowest BCUT2D eigenvalue weighted by molar-refractivity contribution is 0.0994. The van der Waals surface area contributed by atoms with Gasteiger partial charge in [-0.1, -0.05) is 12.6 Å². The van der Waals surface area contributed by atoms with E-state index >= 15 is 0 Å². The summed E-state index contributed by atoms with van der Waals surface area (Å²) in [4.78, 5) is 19.5. The van der Waals surface area contributed by atoms with Gasteiger partial charge in [-0.3, -0.25) is 9.78 Å². The maximum Gasteiger partial charge on any atom is 0.270 e. The molecule has 0 aliphatic heterocycles.